The molecule has 3 aromatic heterocycles. The summed E-state index contributed by atoms with van der Waals surface area (Å²) in [6.45, 7) is 4.56. The van der Waals surface area contributed by atoms with Crippen molar-refractivity contribution in [2.45, 2.75) is 58.0 Å². The van der Waals surface area contributed by atoms with Crippen LogP contribution in [0.15, 0.2) is 32.7 Å². The Balaban J connectivity index is 0.000000231. The lowest BCUT2D eigenvalue weighted by molar-refractivity contribution is -0.0395. The molecule has 5 nitrogen and oxygen atoms in total. The van der Waals surface area contributed by atoms with Crippen LogP contribution in [0.25, 0.3) is 10.2 Å². The van der Waals surface area contributed by atoms with Crippen molar-refractivity contribution in [2.75, 3.05) is 5.32 Å². The predicted molar refractivity (Wildman–Crippen MR) is 119 cm³/mol. The highest BCUT2D eigenvalue weighted by Gasteiger charge is 2.34. The zero-order chi connectivity index (χ0) is 21.4. The van der Waals surface area contributed by atoms with Crippen molar-refractivity contribution >= 4 is 54.9 Å². The molecule has 0 bridgehead atoms. The standard InChI is InChI=1S/C11H7BrClN3OS.C6H11F2N.C2H6/c12-7-5-18-9-8(7)15-11(13)16-10(9)14-4-6-2-1-3-17-6;7-6(8)3-1-2-5(9)4-6;1-2/h1-3,5H,4H2,(H,14,15,16);5H,1-4,9H2;1-2H3. The van der Waals surface area contributed by atoms with E-state index in [1.807, 2.05) is 31.4 Å². The Labute approximate surface area is 186 Å². The van der Waals surface area contributed by atoms with Crippen molar-refractivity contribution in [3.05, 3.63) is 39.3 Å². The number of furan rings is 1. The van der Waals surface area contributed by atoms with Crippen LogP contribution in [-0.2, 0) is 6.54 Å². The van der Waals surface area contributed by atoms with Crippen LogP contribution in [0.4, 0.5) is 14.6 Å². The maximum absolute atomic E-state index is 12.4. The van der Waals surface area contributed by atoms with Crippen LogP contribution in [0.3, 0.4) is 0 Å². The Morgan fingerprint density at radius 1 is 1.41 bits per heavy atom. The van der Waals surface area contributed by atoms with Gasteiger partial charge in [0.15, 0.2) is 0 Å². The minimum absolute atomic E-state index is 0.0285. The summed E-state index contributed by atoms with van der Waals surface area (Å²) >= 11 is 10.9. The fourth-order valence-electron chi connectivity index (χ4n) is 2.78. The van der Waals surface area contributed by atoms with E-state index < -0.39 is 5.92 Å². The number of anilines is 1. The average molecular weight is 510 g/mol. The van der Waals surface area contributed by atoms with E-state index in [1.54, 1.807) is 17.6 Å². The van der Waals surface area contributed by atoms with E-state index in [4.69, 9.17) is 21.8 Å². The van der Waals surface area contributed by atoms with Gasteiger partial charge in [-0.3, -0.25) is 0 Å². The summed E-state index contributed by atoms with van der Waals surface area (Å²) < 4.78 is 31.9. The van der Waals surface area contributed by atoms with E-state index in [2.05, 4.69) is 31.2 Å². The van der Waals surface area contributed by atoms with E-state index >= 15 is 0 Å². The first kappa shape index (κ1) is 24.0. The smallest absolute Gasteiger partial charge is 0.249 e. The van der Waals surface area contributed by atoms with Crippen LogP contribution >= 0.6 is 38.9 Å². The van der Waals surface area contributed by atoms with E-state index in [9.17, 15) is 8.78 Å². The molecule has 0 aliphatic heterocycles. The molecule has 1 unspecified atom stereocenters. The molecule has 3 aromatic rings. The van der Waals surface area contributed by atoms with Crippen molar-refractivity contribution in [1.82, 2.24) is 9.97 Å². The lowest BCUT2D eigenvalue weighted by Crippen LogP contribution is -2.34. The molecule has 10 heteroatoms. The predicted octanol–water partition coefficient (Wildman–Crippen LogP) is 6.86. The molecule has 1 atom stereocenters. The molecule has 1 saturated carbocycles. The van der Waals surface area contributed by atoms with Gasteiger partial charge in [-0.25, -0.2) is 13.8 Å². The van der Waals surface area contributed by atoms with Gasteiger partial charge < -0.3 is 15.5 Å². The summed E-state index contributed by atoms with van der Waals surface area (Å²) in [4.78, 5) is 8.40. The first-order valence-electron chi connectivity index (χ1n) is 9.34. The van der Waals surface area contributed by atoms with E-state index in [-0.39, 0.29) is 24.2 Å². The molecule has 4 rings (SSSR count). The molecule has 3 N–H and O–H groups in total. The van der Waals surface area contributed by atoms with Gasteiger partial charge in [0.1, 0.15) is 17.1 Å². The van der Waals surface area contributed by atoms with Crippen LogP contribution in [-0.4, -0.2) is 21.9 Å². The molecule has 160 valence electrons. The summed E-state index contributed by atoms with van der Waals surface area (Å²) in [5, 5.41) is 5.40. The number of aromatic nitrogens is 2. The number of rotatable bonds is 3. The molecule has 0 saturated heterocycles. The van der Waals surface area contributed by atoms with Gasteiger partial charge >= 0.3 is 0 Å². The van der Waals surface area contributed by atoms with Crippen LogP contribution in [0.5, 0.6) is 0 Å². The molecular weight excluding hydrogens is 486 g/mol. The Morgan fingerprint density at radius 3 is 2.76 bits per heavy atom. The number of nitrogens with two attached hydrogens (primary N) is 1. The number of nitrogens with one attached hydrogen (secondary N) is 1. The number of fused-ring (bicyclic) bond motifs is 1. The van der Waals surface area contributed by atoms with Gasteiger partial charge in [0, 0.05) is 24.3 Å². The Hall–Kier alpha value is -1.29. The number of thiophene rings is 1. The Morgan fingerprint density at radius 2 is 2.17 bits per heavy atom. The third kappa shape index (κ3) is 7.16. The van der Waals surface area contributed by atoms with Gasteiger partial charge in [-0.1, -0.05) is 13.8 Å². The topological polar surface area (TPSA) is 77.0 Å². The molecule has 1 fully saturated rings. The van der Waals surface area contributed by atoms with E-state index in [1.165, 1.54) is 0 Å². The van der Waals surface area contributed by atoms with Crippen LogP contribution in [0.1, 0.15) is 45.3 Å². The Kier molecular flexibility index (Phi) is 9.26. The van der Waals surface area contributed by atoms with E-state index in [0.29, 0.717) is 13.0 Å². The van der Waals surface area contributed by atoms with Crippen molar-refractivity contribution in [3.8, 4) is 0 Å². The maximum atomic E-state index is 12.4. The number of hydrogen-bond donors (Lipinski definition) is 2. The summed E-state index contributed by atoms with van der Waals surface area (Å²) in [5.41, 5.74) is 6.15. The highest BCUT2D eigenvalue weighted by Crippen LogP contribution is 2.34. The van der Waals surface area contributed by atoms with E-state index in [0.717, 1.165) is 32.7 Å². The Bertz CT molecular complexity index is 892. The molecule has 1 aliphatic rings. The monoisotopic (exact) mass is 508 g/mol. The number of alkyl halides is 2. The van der Waals surface area contributed by atoms with Gasteiger partial charge in [-0.2, -0.15) is 4.98 Å². The van der Waals surface area contributed by atoms with Gasteiger partial charge in [0.2, 0.25) is 11.2 Å². The normalized spacial score (nSPS) is 17.7. The second-order valence-corrected chi connectivity index (χ2v) is 8.32. The van der Waals surface area contributed by atoms with Gasteiger partial charge in [-0.05, 0) is 52.5 Å². The summed E-state index contributed by atoms with van der Waals surface area (Å²) in [6, 6.07) is 3.48. The summed E-state index contributed by atoms with van der Waals surface area (Å²) in [6.07, 6.45) is 2.89. The third-order valence-corrected chi connectivity index (χ3v) is 6.09. The van der Waals surface area contributed by atoms with Crippen molar-refractivity contribution in [3.63, 3.8) is 0 Å². The van der Waals surface area contributed by atoms with Gasteiger partial charge in [-0.15, -0.1) is 11.3 Å². The molecular formula is C19H24BrClF2N4OS. The van der Waals surface area contributed by atoms with Crippen molar-refractivity contribution in [1.29, 1.82) is 0 Å². The first-order valence-corrected chi connectivity index (χ1v) is 11.4. The van der Waals surface area contributed by atoms with Crippen LogP contribution < -0.4 is 11.1 Å². The molecule has 0 aromatic carbocycles. The molecule has 0 radical (unpaired) electrons. The summed E-state index contributed by atoms with van der Waals surface area (Å²) in [7, 11) is 0. The highest BCUT2D eigenvalue weighted by atomic mass is 79.9. The highest BCUT2D eigenvalue weighted by molar-refractivity contribution is 9.10. The zero-order valence-corrected chi connectivity index (χ0v) is 19.4. The minimum atomic E-state index is -2.47. The molecule has 29 heavy (non-hydrogen) atoms. The second-order valence-electron chi connectivity index (χ2n) is 6.25. The fraction of sp³-hybridized carbons (Fsp3) is 0.474. The lowest BCUT2D eigenvalue weighted by atomic mass is 9.93. The lowest BCUT2D eigenvalue weighted by Gasteiger charge is -2.25. The number of halogens is 4. The third-order valence-electron chi connectivity index (χ3n) is 4.03. The SMILES string of the molecule is CC.Clc1nc(NCc2ccco2)c2scc(Br)c2n1.NC1CCCC(F)(F)C1. The van der Waals surface area contributed by atoms with Crippen LogP contribution in [0.2, 0.25) is 5.28 Å². The first-order chi connectivity index (χ1) is 13.8. The minimum Gasteiger partial charge on any atom is -0.467 e. The average Bonchev–Trinajstić information content (AvgIpc) is 3.31. The summed E-state index contributed by atoms with van der Waals surface area (Å²) in [5.74, 6) is -0.914. The molecule has 3 heterocycles. The van der Waals surface area contributed by atoms with Gasteiger partial charge in [0.05, 0.1) is 22.0 Å². The fourth-order valence-corrected chi connectivity index (χ4v) is 4.47. The number of hydrogen-bond acceptors (Lipinski definition) is 6. The number of nitrogens with zero attached hydrogens (tertiary/aromatic N) is 2. The molecule has 1 aliphatic carbocycles. The zero-order valence-electron chi connectivity index (χ0n) is 16.2. The maximum Gasteiger partial charge on any atom is 0.249 e. The van der Waals surface area contributed by atoms with Crippen molar-refractivity contribution in [2.24, 2.45) is 5.73 Å². The second kappa shape index (κ2) is 11.2. The van der Waals surface area contributed by atoms with Gasteiger partial charge in [0.25, 0.3) is 0 Å². The van der Waals surface area contributed by atoms with Crippen LogP contribution in [0, 0.1) is 0 Å². The largest absolute Gasteiger partial charge is 0.467 e. The van der Waals surface area contributed by atoms with Crippen molar-refractivity contribution < 1.29 is 13.2 Å². The quantitative estimate of drug-likeness (QED) is 0.377. The molecule has 0 amide bonds. The molecule has 0 spiro atoms.